The van der Waals surface area contributed by atoms with Crippen LogP contribution in [0.5, 0.6) is 0 Å². The number of imidazole rings is 1. The van der Waals surface area contributed by atoms with Gasteiger partial charge in [-0.2, -0.15) is 0 Å². The van der Waals surface area contributed by atoms with Crippen LogP contribution in [0.1, 0.15) is 12.1 Å². The first-order chi connectivity index (χ1) is 13.7. The summed E-state index contributed by atoms with van der Waals surface area (Å²) < 4.78 is 7.22. The maximum absolute atomic E-state index is 11.7. The molecule has 9 heteroatoms. The Morgan fingerprint density at radius 2 is 1.86 bits per heavy atom. The molecule has 3 aromatic rings. The SMILES string of the molecule is O=C(O)N1CCCc2nc3ccc(-c4cnc(N5CCOCC5)nc4)cn3c21. The quantitative estimate of drug-likeness (QED) is 0.727. The molecule has 0 atom stereocenters. The van der Waals surface area contributed by atoms with Gasteiger partial charge in [-0.15, -0.1) is 0 Å². The Morgan fingerprint density at radius 3 is 2.61 bits per heavy atom. The Bertz CT molecular complexity index is 1030. The lowest BCUT2D eigenvalue weighted by atomic mass is 10.1. The first-order valence-electron chi connectivity index (χ1n) is 9.37. The molecular formula is C19H20N6O3. The van der Waals surface area contributed by atoms with E-state index in [1.807, 2.05) is 22.7 Å². The zero-order chi connectivity index (χ0) is 19.1. The number of carboxylic acid groups (broad SMARTS) is 1. The number of aromatic nitrogens is 4. The third kappa shape index (κ3) is 2.84. The molecule has 2 aliphatic rings. The minimum Gasteiger partial charge on any atom is -0.465 e. The Balaban J connectivity index is 1.51. The Morgan fingerprint density at radius 1 is 1.07 bits per heavy atom. The van der Waals surface area contributed by atoms with Crippen LogP contribution in [-0.2, 0) is 11.2 Å². The van der Waals surface area contributed by atoms with E-state index < -0.39 is 6.09 Å². The molecule has 0 spiro atoms. The third-order valence-electron chi connectivity index (χ3n) is 5.21. The maximum Gasteiger partial charge on any atom is 0.413 e. The first kappa shape index (κ1) is 16.9. The van der Waals surface area contributed by atoms with Crippen molar-refractivity contribution in [3.63, 3.8) is 0 Å². The van der Waals surface area contributed by atoms with E-state index in [2.05, 4.69) is 19.9 Å². The second kappa shape index (κ2) is 6.75. The van der Waals surface area contributed by atoms with Crippen LogP contribution in [0.15, 0.2) is 30.7 Å². The van der Waals surface area contributed by atoms with Crippen LogP contribution >= 0.6 is 0 Å². The summed E-state index contributed by atoms with van der Waals surface area (Å²) in [6.07, 6.45) is 6.14. The van der Waals surface area contributed by atoms with Crippen LogP contribution in [0, 0.1) is 0 Å². The number of pyridine rings is 1. The molecule has 5 rings (SSSR count). The fraction of sp³-hybridized carbons (Fsp3) is 0.368. The van der Waals surface area contributed by atoms with Gasteiger partial charge in [0.25, 0.3) is 0 Å². The lowest BCUT2D eigenvalue weighted by molar-refractivity contribution is 0.122. The molecule has 144 valence electrons. The molecule has 28 heavy (non-hydrogen) atoms. The molecule has 0 bridgehead atoms. The van der Waals surface area contributed by atoms with Crippen LogP contribution in [0.4, 0.5) is 16.6 Å². The summed E-state index contributed by atoms with van der Waals surface area (Å²) in [5.74, 6) is 1.34. The van der Waals surface area contributed by atoms with Gasteiger partial charge >= 0.3 is 6.09 Å². The smallest absolute Gasteiger partial charge is 0.413 e. The molecule has 0 aliphatic carbocycles. The number of nitrogens with zero attached hydrogens (tertiary/aromatic N) is 6. The van der Waals surface area contributed by atoms with Gasteiger partial charge in [0, 0.05) is 49.4 Å². The van der Waals surface area contributed by atoms with Crippen LogP contribution < -0.4 is 9.80 Å². The fourth-order valence-electron chi connectivity index (χ4n) is 3.80. The number of fused-ring (bicyclic) bond motifs is 3. The van der Waals surface area contributed by atoms with Crippen LogP contribution in [0.3, 0.4) is 0 Å². The van der Waals surface area contributed by atoms with Gasteiger partial charge < -0.3 is 14.7 Å². The predicted octanol–water partition coefficient (Wildman–Crippen LogP) is 2.06. The van der Waals surface area contributed by atoms with E-state index in [1.54, 1.807) is 12.4 Å². The summed E-state index contributed by atoms with van der Waals surface area (Å²) in [6, 6.07) is 3.87. The average molecular weight is 380 g/mol. The molecule has 5 heterocycles. The number of aryl methyl sites for hydroxylation is 1. The van der Waals surface area contributed by atoms with Crippen molar-refractivity contribution in [2.45, 2.75) is 12.8 Å². The van der Waals surface area contributed by atoms with Crippen LogP contribution in [0.2, 0.25) is 0 Å². The standard InChI is InChI=1S/C19H20N6O3/c26-19(27)24-5-1-2-15-17(24)25-12-13(3-4-16(25)22-15)14-10-20-18(21-11-14)23-6-8-28-9-7-23/h3-4,10-12H,1-2,5-9H2,(H,26,27). The Labute approximate surface area is 161 Å². The molecule has 9 nitrogen and oxygen atoms in total. The van der Waals surface area contributed by atoms with E-state index in [-0.39, 0.29) is 0 Å². The number of hydrogen-bond acceptors (Lipinski definition) is 6. The van der Waals surface area contributed by atoms with Gasteiger partial charge in [0.15, 0.2) is 0 Å². The van der Waals surface area contributed by atoms with E-state index in [4.69, 9.17) is 4.74 Å². The zero-order valence-corrected chi connectivity index (χ0v) is 15.3. The highest BCUT2D eigenvalue weighted by molar-refractivity contribution is 5.87. The lowest BCUT2D eigenvalue weighted by Crippen LogP contribution is -2.37. The van der Waals surface area contributed by atoms with E-state index >= 15 is 0 Å². The molecule has 0 radical (unpaired) electrons. The summed E-state index contributed by atoms with van der Waals surface area (Å²) >= 11 is 0. The van der Waals surface area contributed by atoms with Gasteiger partial charge in [-0.05, 0) is 25.0 Å². The monoisotopic (exact) mass is 380 g/mol. The van der Waals surface area contributed by atoms with E-state index in [0.29, 0.717) is 31.5 Å². The van der Waals surface area contributed by atoms with Gasteiger partial charge in [-0.3, -0.25) is 9.30 Å². The Hall–Kier alpha value is -3.20. The first-order valence-corrected chi connectivity index (χ1v) is 9.37. The zero-order valence-electron chi connectivity index (χ0n) is 15.3. The van der Waals surface area contributed by atoms with Crippen molar-refractivity contribution in [2.24, 2.45) is 0 Å². The molecule has 0 saturated carbocycles. The number of rotatable bonds is 2. The molecule has 1 saturated heterocycles. The van der Waals surface area contributed by atoms with Crippen molar-refractivity contribution in [2.75, 3.05) is 42.6 Å². The third-order valence-corrected chi connectivity index (χ3v) is 5.21. The molecule has 1 amide bonds. The molecule has 1 fully saturated rings. The van der Waals surface area contributed by atoms with E-state index in [0.717, 1.165) is 48.4 Å². The normalized spacial score (nSPS) is 17.0. The van der Waals surface area contributed by atoms with Gasteiger partial charge in [0.1, 0.15) is 11.5 Å². The summed E-state index contributed by atoms with van der Waals surface area (Å²) in [5.41, 5.74) is 3.36. The number of carbonyl (C=O) groups is 1. The number of morpholine rings is 1. The second-order valence-corrected chi connectivity index (χ2v) is 6.94. The minimum atomic E-state index is -0.952. The number of amides is 1. The second-order valence-electron chi connectivity index (χ2n) is 6.94. The summed E-state index contributed by atoms with van der Waals surface area (Å²) in [6.45, 7) is 3.44. The van der Waals surface area contributed by atoms with E-state index in [1.165, 1.54) is 4.90 Å². The van der Waals surface area contributed by atoms with Crippen LogP contribution in [0.25, 0.3) is 16.8 Å². The van der Waals surface area contributed by atoms with Gasteiger partial charge in [0.05, 0.1) is 18.9 Å². The van der Waals surface area contributed by atoms with Crippen molar-refractivity contribution >= 4 is 23.5 Å². The molecular weight excluding hydrogens is 360 g/mol. The topological polar surface area (TPSA) is 96.1 Å². The molecule has 1 N–H and O–H groups in total. The number of ether oxygens (including phenoxy) is 1. The molecule has 0 unspecified atom stereocenters. The largest absolute Gasteiger partial charge is 0.465 e. The van der Waals surface area contributed by atoms with Crippen molar-refractivity contribution in [1.82, 2.24) is 19.4 Å². The highest BCUT2D eigenvalue weighted by Gasteiger charge is 2.27. The van der Waals surface area contributed by atoms with Crippen molar-refractivity contribution in [3.8, 4) is 11.1 Å². The number of anilines is 2. The Kier molecular flexibility index (Phi) is 4.09. The van der Waals surface area contributed by atoms with Crippen molar-refractivity contribution in [1.29, 1.82) is 0 Å². The lowest BCUT2D eigenvalue weighted by Gasteiger charge is -2.26. The van der Waals surface area contributed by atoms with Gasteiger partial charge in [0.2, 0.25) is 5.95 Å². The van der Waals surface area contributed by atoms with Crippen molar-refractivity contribution < 1.29 is 14.6 Å². The average Bonchev–Trinajstić information content (AvgIpc) is 3.12. The summed E-state index contributed by atoms with van der Waals surface area (Å²) in [5, 5.41) is 9.55. The maximum atomic E-state index is 11.7. The van der Waals surface area contributed by atoms with Crippen molar-refractivity contribution in [3.05, 3.63) is 36.4 Å². The molecule has 0 aromatic carbocycles. The molecule has 2 aliphatic heterocycles. The predicted molar refractivity (Wildman–Crippen MR) is 103 cm³/mol. The van der Waals surface area contributed by atoms with Crippen LogP contribution in [-0.4, -0.2) is 63.4 Å². The van der Waals surface area contributed by atoms with E-state index in [9.17, 15) is 9.90 Å². The summed E-state index contributed by atoms with van der Waals surface area (Å²) in [7, 11) is 0. The highest BCUT2D eigenvalue weighted by Crippen LogP contribution is 2.30. The summed E-state index contributed by atoms with van der Waals surface area (Å²) in [4.78, 5) is 28.8. The highest BCUT2D eigenvalue weighted by atomic mass is 16.5. The number of hydrogen-bond donors (Lipinski definition) is 1. The fourth-order valence-corrected chi connectivity index (χ4v) is 3.80. The minimum absolute atomic E-state index is 0.484. The molecule has 3 aromatic heterocycles. The van der Waals surface area contributed by atoms with Gasteiger partial charge in [-0.1, -0.05) is 0 Å². The van der Waals surface area contributed by atoms with Gasteiger partial charge in [-0.25, -0.2) is 19.7 Å².